The molecule has 2 atom stereocenters. The molecule has 11 heteroatoms. The van der Waals surface area contributed by atoms with Gasteiger partial charge >= 0.3 is 0 Å². The Labute approximate surface area is 226 Å². The molecule has 0 bridgehead atoms. The van der Waals surface area contributed by atoms with Gasteiger partial charge in [-0.3, -0.25) is 14.6 Å². The Balaban J connectivity index is 1.40. The third-order valence-electron chi connectivity index (χ3n) is 6.06. The first-order valence-electron chi connectivity index (χ1n) is 12.3. The van der Waals surface area contributed by atoms with Crippen molar-refractivity contribution in [1.82, 2.24) is 25.6 Å². The van der Waals surface area contributed by atoms with E-state index >= 15 is 0 Å². The van der Waals surface area contributed by atoms with Gasteiger partial charge in [-0.2, -0.15) is 4.98 Å². The van der Waals surface area contributed by atoms with Gasteiger partial charge in [-0.15, -0.1) is 11.8 Å². The number of carbonyl (C=O) groups is 2. The molecule has 2 unspecified atom stereocenters. The largest absolute Gasteiger partial charge is 0.457 e. The second kappa shape index (κ2) is 12.9. The molecular formula is C27H31N7O3S. The summed E-state index contributed by atoms with van der Waals surface area (Å²) >= 11 is 1.58. The van der Waals surface area contributed by atoms with E-state index in [1.165, 1.54) is 12.3 Å². The zero-order chi connectivity index (χ0) is 26.9. The molecule has 198 valence electrons. The van der Waals surface area contributed by atoms with Crippen LogP contribution >= 0.6 is 11.8 Å². The van der Waals surface area contributed by atoms with Crippen molar-refractivity contribution < 1.29 is 14.3 Å². The van der Waals surface area contributed by atoms with Gasteiger partial charge in [0.2, 0.25) is 11.9 Å². The Morgan fingerprint density at radius 1 is 1.11 bits per heavy atom. The number of amides is 2. The summed E-state index contributed by atoms with van der Waals surface area (Å²) in [4.78, 5) is 37.7. The fraction of sp³-hybridized carbons (Fsp3) is 0.296. The molecule has 3 aromatic rings. The first-order chi connectivity index (χ1) is 18.5. The molecule has 0 radical (unpaired) electrons. The van der Waals surface area contributed by atoms with Crippen LogP contribution in [0, 0.1) is 0 Å². The minimum Gasteiger partial charge on any atom is -0.457 e. The van der Waals surface area contributed by atoms with E-state index in [4.69, 9.17) is 9.72 Å². The fourth-order valence-electron chi connectivity index (χ4n) is 4.19. The van der Waals surface area contributed by atoms with Gasteiger partial charge in [-0.25, -0.2) is 4.98 Å². The lowest BCUT2D eigenvalue weighted by atomic mass is 9.91. The van der Waals surface area contributed by atoms with Gasteiger partial charge in [0.15, 0.2) is 0 Å². The van der Waals surface area contributed by atoms with Crippen LogP contribution < -0.4 is 26.0 Å². The van der Waals surface area contributed by atoms with Gasteiger partial charge in [-0.05, 0) is 68.3 Å². The van der Waals surface area contributed by atoms with E-state index in [1.807, 2.05) is 30.5 Å². The van der Waals surface area contributed by atoms with Crippen molar-refractivity contribution in [1.29, 1.82) is 0 Å². The van der Waals surface area contributed by atoms with Crippen molar-refractivity contribution in [3.05, 3.63) is 67.1 Å². The summed E-state index contributed by atoms with van der Waals surface area (Å²) in [5, 5.41) is 12.4. The average molecular weight is 534 g/mol. The first-order valence-corrected chi connectivity index (χ1v) is 13.5. The van der Waals surface area contributed by atoms with Crippen LogP contribution in [0.4, 0.5) is 17.5 Å². The molecule has 4 rings (SSSR count). The Bertz CT molecular complexity index is 1290. The molecule has 1 aliphatic rings. The molecule has 1 aliphatic carbocycles. The van der Waals surface area contributed by atoms with Crippen LogP contribution in [0.15, 0.2) is 66.3 Å². The molecule has 2 heterocycles. The number of rotatable bonds is 10. The van der Waals surface area contributed by atoms with E-state index in [0.29, 0.717) is 17.4 Å². The molecule has 2 aromatic heterocycles. The van der Waals surface area contributed by atoms with Crippen LogP contribution in [0.25, 0.3) is 0 Å². The summed E-state index contributed by atoms with van der Waals surface area (Å²) in [6.45, 7) is 3.54. The zero-order valence-corrected chi connectivity index (χ0v) is 22.2. The molecule has 0 spiro atoms. The maximum atomic E-state index is 11.8. The number of hydrogen-bond acceptors (Lipinski definition) is 9. The molecule has 38 heavy (non-hydrogen) atoms. The number of carbonyl (C=O) groups excluding carboxylic acids is 2. The highest BCUT2D eigenvalue weighted by Gasteiger charge is 2.24. The number of anilines is 3. The van der Waals surface area contributed by atoms with Crippen LogP contribution in [0.5, 0.6) is 11.5 Å². The van der Waals surface area contributed by atoms with Crippen LogP contribution in [0.3, 0.4) is 0 Å². The SMILES string of the molecule is C=CC(=O)NC1CCCC(Nc2nc(Nc3ccc(Oc4ccnc(C(=O)NC)c4)cc3)ncc2SC)C1. The normalized spacial score (nSPS) is 16.7. The Morgan fingerprint density at radius 3 is 2.63 bits per heavy atom. The molecule has 4 N–H and O–H groups in total. The smallest absolute Gasteiger partial charge is 0.269 e. The van der Waals surface area contributed by atoms with E-state index in [1.54, 1.807) is 37.1 Å². The summed E-state index contributed by atoms with van der Waals surface area (Å²) in [5.41, 5.74) is 1.08. The van der Waals surface area contributed by atoms with Crippen molar-refractivity contribution in [3.63, 3.8) is 0 Å². The van der Waals surface area contributed by atoms with Gasteiger partial charge < -0.3 is 26.0 Å². The summed E-state index contributed by atoms with van der Waals surface area (Å²) in [6.07, 6.45) is 10.4. The Morgan fingerprint density at radius 2 is 1.89 bits per heavy atom. The van der Waals surface area contributed by atoms with E-state index < -0.39 is 0 Å². The number of thioether (sulfide) groups is 1. The second-order valence-corrected chi connectivity index (χ2v) is 9.58. The molecule has 10 nitrogen and oxygen atoms in total. The average Bonchev–Trinajstić information content (AvgIpc) is 2.94. The van der Waals surface area contributed by atoms with E-state index in [0.717, 1.165) is 42.1 Å². The molecule has 2 amide bonds. The summed E-state index contributed by atoms with van der Waals surface area (Å²) in [6, 6.07) is 11.0. The Kier molecular flexibility index (Phi) is 9.15. The van der Waals surface area contributed by atoms with Gasteiger partial charge in [0, 0.05) is 43.3 Å². The zero-order valence-electron chi connectivity index (χ0n) is 21.4. The monoisotopic (exact) mass is 533 g/mol. The molecule has 0 aliphatic heterocycles. The predicted octanol–water partition coefficient (Wildman–Crippen LogP) is 4.51. The topological polar surface area (TPSA) is 130 Å². The van der Waals surface area contributed by atoms with Crippen LogP contribution in [-0.2, 0) is 4.79 Å². The lowest BCUT2D eigenvalue weighted by molar-refractivity contribution is -0.117. The molecule has 1 fully saturated rings. The highest BCUT2D eigenvalue weighted by atomic mass is 32.2. The highest BCUT2D eigenvalue weighted by molar-refractivity contribution is 7.98. The Hall–Kier alpha value is -4.12. The van der Waals surface area contributed by atoms with Crippen LogP contribution in [0.2, 0.25) is 0 Å². The van der Waals surface area contributed by atoms with Crippen molar-refractivity contribution in [2.75, 3.05) is 23.9 Å². The first kappa shape index (κ1) is 26.9. The van der Waals surface area contributed by atoms with Gasteiger partial charge in [0.25, 0.3) is 5.91 Å². The molecule has 1 saturated carbocycles. The summed E-state index contributed by atoms with van der Waals surface area (Å²) in [5.74, 6) is 1.94. The van der Waals surface area contributed by atoms with Crippen LogP contribution in [0.1, 0.15) is 36.2 Å². The standard InChI is InChI=1S/C27H31N7O3S/c1-4-24(35)31-18-6-5-7-19(14-18)32-25-23(38-3)16-30-27(34-25)33-17-8-10-20(11-9-17)37-21-12-13-29-22(15-21)26(36)28-2/h4,8-13,15-16,18-19H,1,5-7,14H2,2-3H3,(H,28,36)(H,31,35)(H2,30,32,33,34). The summed E-state index contributed by atoms with van der Waals surface area (Å²) < 4.78 is 5.87. The maximum absolute atomic E-state index is 11.8. The van der Waals surface area contributed by atoms with Crippen molar-refractivity contribution in [3.8, 4) is 11.5 Å². The number of hydrogen-bond donors (Lipinski definition) is 4. The number of nitrogens with zero attached hydrogens (tertiary/aromatic N) is 3. The van der Waals surface area contributed by atoms with E-state index in [-0.39, 0.29) is 29.6 Å². The van der Waals surface area contributed by atoms with Crippen molar-refractivity contribution in [2.45, 2.75) is 42.7 Å². The maximum Gasteiger partial charge on any atom is 0.269 e. The number of nitrogens with one attached hydrogen (secondary N) is 4. The lowest BCUT2D eigenvalue weighted by Gasteiger charge is -2.30. The third kappa shape index (κ3) is 7.22. The van der Waals surface area contributed by atoms with Crippen molar-refractivity contribution in [2.24, 2.45) is 0 Å². The number of ether oxygens (including phenoxy) is 1. The van der Waals surface area contributed by atoms with Crippen molar-refractivity contribution >= 4 is 41.0 Å². The van der Waals surface area contributed by atoms with Gasteiger partial charge in [-0.1, -0.05) is 6.58 Å². The second-order valence-electron chi connectivity index (χ2n) is 8.74. The third-order valence-corrected chi connectivity index (χ3v) is 6.80. The minimum atomic E-state index is -0.279. The highest BCUT2D eigenvalue weighted by Crippen LogP contribution is 2.29. The summed E-state index contributed by atoms with van der Waals surface area (Å²) in [7, 11) is 1.55. The molecular weight excluding hydrogens is 502 g/mol. The van der Waals surface area contributed by atoms with Gasteiger partial charge in [0.1, 0.15) is 23.0 Å². The van der Waals surface area contributed by atoms with Crippen LogP contribution in [-0.4, -0.2) is 52.2 Å². The number of pyridine rings is 1. The van der Waals surface area contributed by atoms with E-state index in [9.17, 15) is 9.59 Å². The fourth-order valence-corrected chi connectivity index (χ4v) is 4.64. The van der Waals surface area contributed by atoms with Gasteiger partial charge in [0.05, 0.1) is 4.90 Å². The minimum absolute atomic E-state index is 0.118. The lowest BCUT2D eigenvalue weighted by Crippen LogP contribution is -2.41. The number of aromatic nitrogens is 3. The molecule has 0 saturated heterocycles. The molecule has 1 aromatic carbocycles. The number of benzene rings is 1. The predicted molar refractivity (Wildman–Crippen MR) is 149 cm³/mol. The quantitative estimate of drug-likeness (QED) is 0.220. The van der Waals surface area contributed by atoms with E-state index in [2.05, 4.69) is 37.8 Å².